The lowest BCUT2D eigenvalue weighted by molar-refractivity contribution is 0.102. The average Bonchev–Trinajstić information content (AvgIpc) is 2.72. The molecule has 156 valence electrons. The number of methoxy groups -OCH3 is 1. The van der Waals surface area contributed by atoms with Crippen molar-refractivity contribution in [2.24, 2.45) is 0 Å². The van der Waals surface area contributed by atoms with Crippen molar-refractivity contribution in [3.63, 3.8) is 0 Å². The number of nitrogens with one attached hydrogen (secondary N) is 2. The van der Waals surface area contributed by atoms with Crippen LogP contribution in [0.2, 0.25) is 0 Å². The Bertz CT molecular complexity index is 1170. The van der Waals surface area contributed by atoms with Gasteiger partial charge in [-0.25, -0.2) is 8.42 Å². The van der Waals surface area contributed by atoms with Gasteiger partial charge in [-0.15, -0.1) is 0 Å². The highest BCUT2D eigenvalue weighted by atomic mass is 32.2. The number of carbonyl (C=O) groups excluding carboxylic acids is 1. The molecule has 0 bridgehead atoms. The van der Waals surface area contributed by atoms with Crippen molar-refractivity contribution in [3.8, 4) is 5.75 Å². The molecule has 0 aliphatic carbocycles. The predicted octanol–water partition coefficient (Wildman–Crippen LogP) is 4.67. The molecule has 0 radical (unpaired) electrons. The smallest absolute Gasteiger partial charge is 0.261 e. The fourth-order valence-electron chi connectivity index (χ4n) is 3.08. The Kier molecular flexibility index (Phi) is 6.12. The lowest BCUT2D eigenvalue weighted by Crippen LogP contribution is -2.16. The third-order valence-electron chi connectivity index (χ3n) is 4.82. The van der Waals surface area contributed by atoms with Crippen LogP contribution in [0.15, 0.2) is 65.6 Å². The molecule has 0 unspecified atom stereocenters. The summed E-state index contributed by atoms with van der Waals surface area (Å²) < 4.78 is 32.9. The predicted molar refractivity (Wildman–Crippen MR) is 119 cm³/mol. The molecule has 1 amide bonds. The van der Waals surface area contributed by atoms with Crippen LogP contribution in [0.4, 0.5) is 11.4 Å². The first-order chi connectivity index (χ1) is 14.2. The van der Waals surface area contributed by atoms with Crippen molar-refractivity contribution in [2.75, 3.05) is 17.1 Å². The maximum absolute atomic E-state index is 12.7. The summed E-state index contributed by atoms with van der Waals surface area (Å²) in [5.74, 6) is 0.324. The summed E-state index contributed by atoms with van der Waals surface area (Å²) in [6.07, 6.45) is 0. The Morgan fingerprint density at radius 1 is 0.867 bits per heavy atom. The van der Waals surface area contributed by atoms with E-state index in [4.69, 9.17) is 4.74 Å². The highest BCUT2D eigenvalue weighted by molar-refractivity contribution is 7.92. The number of ether oxygens (including phenoxy) is 1. The molecule has 2 N–H and O–H groups in total. The second kappa shape index (κ2) is 8.59. The molecule has 0 saturated carbocycles. The zero-order chi connectivity index (χ0) is 21.9. The van der Waals surface area contributed by atoms with E-state index in [1.807, 2.05) is 32.0 Å². The van der Waals surface area contributed by atoms with Crippen LogP contribution in [0, 0.1) is 20.8 Å². The normalized spacial score (nSPS) is 11.1. The van der Waals surface area contributed by atoms with Crippen molar-refractivity contribution in [1.82, 2.24) is 0 Å². The molecule has 3 rings (SSSR count). The molecule has 30 heavy (non-hydrogen) atoms. The van der Waals surface area contributed by atoms with Crippen molar-refractivity contribution in [1.29, 1.82) is 0 Å². The molecule has 0 spiro atoms. The summed E-state index contributed by atoms with van der Waals surface area (Å²) >= 11 is 0. The summed E-state index contributed by atoms with van der Waals surface area (Å²) in [5.41, 5.74) is 4.23. The van der Waals surface area contributed by atoms with Crippen molar-refractivity contribution < 1.29 is 17.9 Å². The van der Waals surface area contributed by atoms with Gasteiger partial charge in [-0.2, -0.15) is 0 Å². The summed E-state index contributed by atoms with van der Waals surface area (Å²) in [7, 11) is -2.24. The van der Waals surface area contributed by atoms with Crippen LogP contribution in [0.3, 0.4) is 0 Å². The molecule has 0 fully saturated rings. The Balaban J connectivity index is 1.80. The minimum absolute atomic E-state index is 0.125. The molecule has 3 aromatic rings. The largest absolute Gasteiger partial charge is 0.497 e. The number of sulfonamides is 1. The Morgan fingerprint density at radius 2 is 1.50 bits per heavy atom. The summed E-state index contributed by atoms with van der Waals surface area (Å²) in [4.78, 5) is 12.8. The minimum atomic E-state index is -3.76. The number of carbonyl (C=O) groups is 1. The maximum Gasteiger partial charge on any atom is 0.261 e. The van der Waals surface area contributed by atoms with Gasteiger partial charge in [0.2, 0.25) is 0 Å². The number of benzene rings is 3. The van der Waals surface area contributed by atoms with Gasteiger partial charge in [0.25, 0.3) is 15.9 Å². The van der Waals surface area contributed by atoms with Crippen molar-refractivity contribution in [2.45, 2.75) is 25.7 Å². The summed E-state index contributed by atoms with van der Waals surface area (Å²) in [6, 6.07) is 16.8. The van der Waals surface area contributed by atoms with E-state index in [0.717, 1.165) is 16.8 Å². The van der Waals surface area contributed by atoms with Crippen LogP contribution in [-0.4, -0.2) is 21.4 Å². The third kappa shape index (κ3) is 4.63. The first-order valence-electron chi connectivity index (χ1n) is 9.36. The van der Waals surface area contributed by atoms with Crippen LogP contribution < -0.4 is 14.8 Å². The number of hydrogen-bond acceptors (Lipinski definition) is 4. The molecule has 0 atom stereocenters. The Hall–Kier alpha value is -3.32. The van der Waals surface area contributed by atoms with Gasteiger partial charge in [-0.3, -0.25) is 9.52 Å². The SMILES string of the molecule is COc1ccc(S(=O)(=O)Nc2ccc(C(=O)Nc3c(C)cccc3C)cc2C)cc1. The highest BCUT2D eigenvalue weighted by Gasteiger charge is 2.17. The fraction of sp³-hybridized carbons (Fsp3) is 0.174. The third-order valence-corrected chi connectivity index (χ3v) is 6.20. The maximum atomic E-state index is 12.7. The number of anilines is 2. The van der Waals surface area contributed by atoms with Crippen LogP contribution in [-0.2, 0) is 10.0 Å². The van der Waals surface area contributed by atoms with E-state index in [2.05, 4.69) is 10.0 Å². The van der Waals surface area contributed by atoms with E-state index in [9.17, 15) is 13.2 Å². The number of amides is 1. The van der Waals surface area contributed by atoms with Gasteiger partial charge < -0.3 is 10.1 Å². The number of aryl methyl sites for hydroxylation is 3. The second-order valence-electron chi connectivity index (χ2n) is 7.03. The van der Waals surface area contributed by atoms with Crippen LogP contribution in [0.1, 0.15) is 27.0 Å². The van der Waals surface area contributed by atoms with Gasteiger partial charge in [-0.1, -0.05) is 18.2 Å². The molecular formula is C23H24N2O4S. The topological polar surface area (TPSA) is 84.5 Å². The number of rotatable bonds is 6. The number of para-hydroxylation sites is 1. The number of hydrogen-bond donors (Lipinski definition) is 2. The lowest BCUT2D eigenvalue weighted by atomic mass is 10.1. The lowest BCUT2D eigenvalue weighted by Gasteiger charge is -2.14. The molecule has 0 saturated heterocycles. The minimum Gasteiger partial charge on any atom is -0.497 e. The van der Waals surface area contributed by atoms with Crippen LogP contribution in [0.25, 0.3) is 0 Å². The van der Waals surface area contributed by atoms with Gasteiger partial charge >= 0.3 is 0 Å². The monoisotopic (exact) mass is 424 g/mol. The zero-order valence-corrected chi connectivity index (χ0v) is 18.1. The molecule has 0 aliphatic heterocycles. The average molecular weight is 425 g/mol. The van der Waals surface area contributed by atoms with Gasteiger partial charge in [0.1, 0.15) is 5.75 Å². The van der Waals surface area contributed by atoms with Crippen LogP contribution in [0.5, 0.6) is 5.75 Å². The molecule has 0 aliphatic rings. The van der Waals surface area contributed by atoms with Gasteiger partial charge in [0.05, 0.1) is 17.7 Å². The van der Waals surface area contributed by atoms with E-state index in [-0.39, 0.29) is 10.8 Å². The van der Waals surface area contributed by atoms with E-state index < -0.39 is 10.0 Å². The van der Waals surface area contributed by atoms with E-state index in [0.29, 0.717) is 22.6 Å². The Labute approximate surface area is 177 Å². The molecule has 0 heterocycles. The first-order valence-corrected chi connectivity index (χ1v) is 10.8. The van der Waals surface area contributed by atoms with E-state index in [1.54, 1.807) is 37.3 Å². The van der Waals surface area contributed by atoms with Crippen LogP contribution >= 0.6 is 0 Å². The van der Waals surface area contributed by atoms with E-state index >= 15 is 0 Å². The second-order valence-corrected chi connectivity index (χ2v) is 8.71. The molecule has 6 nitrogen and oxygen atoms in total. The summed E-state index contributed by atoms with van der Waals surface area (Å²) in [5, 5.41) is 2.94. The molecular weight excluding hydrogens is 400 g/mol. The molecule has 3 aromatic carbocycles. The highest BCUT2D eigenvalue weighted by Crippen LogP contribution is 2.24. The van der Waals surface area contributed by atoms with Gasteiger partial charge in [0.15, 0.2) is 0 Å². The summed E-state index contributed by atoms with van der Waals surface area (Å²) in [6.45, 7) is 5.62. The standard InChI is InChI=1S/C23H24N2O4S/c1-15-6-5-7-16(2)22(15)24-23(26)18-8-13-21(17(3)14-18)25-30(27,28)20-11-9-19(29-4)10-12-20/h5-14,25H,1-4H3,(H,24,26). The Morgan fingerprint density at radius 3 is 2.07 bits per heavy atom. The molecule has 0 aromatic heterocycles. The quantitative estimate of drug-likeness (QED) is 0.602. The first kappa shape index (κ1) is 21.4. The van der Waals surface area contributed by atoms with E-state index in [1.165, 1.54) is 19.2 Å². The zero-order valence-electron chi connectivity index (χ0n) is 17.3. The molecule has 7 heteroatoms. The van der Waals surface area contributed by atoms with Gasteiger partial charge in [-0.05, 0) is 79.9 Å². The van der Waals surface area contributed by atoms with Gasteiger partial charge in [0, 0.05) is 11.3 Å². The van der Waals surface area contributed by atoms with Crippen molar-refractivity contribution in [3.05, 3.63) is 82.9 Å². The van der Waals surface area contributed by atoms with Crippen molar-refractivity contribution >= 4 is 27.3 Å². The fourth-order valence-corrected chi connectivity index (χ4v) is 4.21.